The fraction of sp³-hybridized carbons (Fsp3) is 0.951. The van der Waals surface area contributed by atoms with E-state index in [9.17, 15) is 43.2 Å². The van der Waals surface area contributed by atoms with Crippen LogP contribution < -0.4 is 0 Å². The summed E-state index contributed by atoms with van der Waals surface area (Å²) in [4.78, 5) is 72.9. The lowest BCUT2D eigenvalue weighted by molar-refractivity contribution is -0.161. The molecule has 0 aliphatic rings. The summed E-state index contributed by atoms with van der Waals surface area (Å²) >= 11 is 0. The molecule has 100 heavy (non-hydrogen) atoms. The lowest BCUT2D eigenvalue weighted by Crippen LogP contribution is -2.30. The number of carbonyl (C=O) groups excluding carboxylic acids is 4. The molecule has 594 valence electrons. The van der Waals surface area contributed by atoms with E-state index in [1.165, 1.54) is 270 Å². The van der Waals surface area contributed by atoms with Gasteiger partial charge in [-0.15, -0.1) is 0 Å². The molecule has 0 aliphatic carbocycles. The number of ether oxygens (including phenoxy) is 4. The zero-order valence-electron chi connectivity index (χ0n) is 65.2. The van der Waals surface area contributed by atoms with E-state index in [1.807, 2.05) is 0 Å². The number of unbranched alkanes of at least 4 members (excludes halogenated alkanes) is 56. The highest BCUT2D eigenvalue weighted by molar-refractivity contribution is 7.47. The van der Waals surface area contributed by atoms with Crippen molar-refractivity contribution in [1.29, 1.82) is 0 Å². The second-order valence-corrected chi connectivity index (χ2v) is 32.1. The van der Waals surface area contributed by atoms with Gasteiger partial charge in [-0.1, -0.05) is 387 Å². The summed E-state index contributed by atoms with van der Waals surface area (Å²) in [6.45, 7) is 5.01. The van der Waals surface area contributed by atoms with Gasteiger partial charge in [-0.25, -0.2) is 9.13 Å². The molecule has 0 fully saturated rings. The number of hydrogen-bond acceptors (Lipinski definition) is 15. The summed E-state index contributed by atoms with van der Waals surface area (Å²) in [6.07, 6.45) is 68.0. The molecule has 0 aromatic heterocycles. The first-order chi connectivity index (χ1) is 48.7. The van der Waals surface area contributed by atoms with Crippen LogP contribution in [0.5, 0.6) is 0 Å². The lowest BCUT2D eigenvalue weighted by atomic mass is 10.0. The minimum Gasteiger partial charge on any atom is -0.462 e. The molecule has 0 heterocycles. The van der Waals surface area contributed by atoms with Crippen molar-refractivity contribution in [3.05, 3.63) is 0 Å². The van der Waals surface area contributed by atoms with Crippen LogP contribution in [0, 0.1) is 0 Å². The maximum atomic E-state index is 13.1. The predicted molar refractivity (Wildman–Crippen MR) is 409 cm³/mol. The number of carbonyl (C=O) groups is 4. The number of aliphatic hydroxyl groups is 1. The van der Waals surface area contributed by atoms with Crippen molar-refractivity contribution in [2.75, 3.05) is 39.6 Å². The number of rotatable bonds is 82. The van der Waals surface area contributed by atoms with Crippen molar-refractivity contribution in [1.82, 2.24) is 0 Å². The van der Waals surface area contributed by atoms with Gasteiger partial charge in [0, 0.05) is 25.7 Å². The average molecular weight is 1470 g/mol. The predicted octanol–water partition coefficient (Wildman–Crippen LogP) is 24.6. The van der Waals surface area contributed by atoms with Gasteiger partial charge < -0.3 is 33.8 Å². The minimum atomic E-state index is -4.96. The van der Waals surface area contributed by atoms with Crippen molar-refractivity contribution in [2.45, 2.75) is 457 Å². The Morgan fingerprint density at radius 1 is 0.240 bits per heavy atom. The molecule has 19 heteroatoms. The number of phosphoric acid groups is 2. The van der Waals surface area contributed by atoms with Crippen LogP contribution in [0.4, 0.5) is 0 Å². The molecule has 0 spiro atoms. The summed E-state index contributed by atoms with van der Waals surface area (Å²) in [7, 11) is -9.91. The molecule has 0 saturated heterocycles. The van der Waals surface area contributed by atoms with Gasteiger partial charge in [0.25, 0.3) is 0 Å². The molecular weight excluding hydrogens is 1310 g/mol. The molecule has 0 aromatic carbocycles. The highest BCUT2D eigenvalue weighted by Crippen LogP contribution is 2.45. The Labute approximate surface area is 613 Å². The van der Waals surface area contributed by atoms with E-state index in [0.29, 0.717) is 25.7 Å². The standard InChI is InChI=1S/C81H158O17P2/c1-5-9-13-17-21-25-28-31-34-35-36-37-38-39-40-42-45-48-52-56-60-64-68-81(86)98-77(72-92-79(84)66-62-58-54-50-46-44-41-32-29-26-22-18-14-10-6-2)74-96-100(89,90)94-70-75(82)69-93-99(87,88)95-73-76(71-91-78(83)65-61-57-53-49-24-20-16-12-8-4)97-80(85)67-63-59-55-51-47-43-33-30-27-23-19-15-11-7-3/h75-77,82H,5-74H2,1-4H3,(H,87,88)(H,89,90)/t75-,76+,77+/m0/s1. The number of aliphatic hydroxyl groups excluding tert-OH is 1. The molecule has 0 rings (SSSR count). The third-order valence-electron chi connectivity index (χ3n) is 19.1. The Hall–Kier alpha value is -1.94. The minimum absolute atomic E-state index is 0.109. The fourth-order valence-electron chi connectivity index (χ4n) is 12.6. The normalized spacial score (nSPS) is 13.8. The third-order valence-corrected chi connectivity index (χ3v) is 21.0. The average Bonchev–Trinajstić information content (AvgIpc) is 0.997. The summed E-state index contributed by atoms with van der Waals surface area (Å²) < 4.78 is 68.7. The SMILES string of the molecule is CCCCCCCCCCCCCCCCCCCCCCCCC(=O)O[C@H](COC(=O)CCCCCCCCCCCCCCCCC)COP(=O)(O)OC[C@@H](O)COP(=O)(O)OC[C@@H](COC(=O)CCCCCCCCCCC)OC(=O)CCCCCCCCCCCCCCCC. The van der Waals surface area contributed by atoms with Gasteiger partial charge in [-0.3, -0.25) is 37.3 Å². The lowest BCUT2D eigenvalue weighted by Gasteiger charge is -2.21. The van der Waals surface area contributed by atoms with Crippen molar-refractivity contribution in [2.24, 2.45) is 0 Å². The zero-order valence-corrected chi connectivity index (χ0v) is 67.0. The number of phosphoric ester groups is 2. The first-order valence-corrected chi connectivity index (χ1v) is 45.3. The van der Waals surface area contributed by atoms with Crippen LogP contribution in [-0.2, 0) is 65.4 Å². The first-order valence-electron chi connectivity index (χ1n) is 42.3. The van der Waals surface area contributed by atoms with Gasteiger partial charge in [0.15, 0.2) is 12.2 Å². The van der Waals surface area contributed by atoms with Gasteiger partial charge >= 0.3 is 39.5 Å². The van der Waals surface area contributed by atoms with Gasteiger partial charge in [0.2, 0.25) is 0 Å². The number of hydrogen-bond donors (Lipinski definition) is 3. The van der Waals surface area contributed by atoms with E-state index in [1.54, 1.807) is 0 Å². The molecule has 3 N–H and O–H groups in total. The molecule has 0 aliphatic heterocycles. The Balaban J connectivity index is 5.19. The summed E-state index contributed by atoms with van der Waals surface area (Å²) in [5, 5.41) is 10.6. The van der Waals surface area contributed by atoms with E-state index in [4.69, 9.17) is 37.0 Å². The van der Waals surface area contributed by atoms with E-state index in [2.05, 4.69) is 27.7 Å². The molecule has 0 bridgehead atoms. The Kier molecular flexibility index (Phi) is 73.8. The Bertz CT molecular complexity index is 1890. The Morgan fingerprint density at radius 3 is 0.590 bits per heavy atom. The van der Waals surface area contributed by atoms with Crippen LogP contribution in [-0.4, -0.2) is 96.7 Å². The maximum Gasteiger partial charge on any atom is 0.472 e. The summed E-state index contributed by atoms with van der Waals surface area (Å²) in [5.74, 6) is -2.11. The molecule has 0 saturated carbocycles. The van der Waals surface area contributed by atoms with E-state index in [0.717, 1.165) is 89.9 Å². The van der Waals surface area contributed by atoms with Crippen LogP contribution in [0.2, 0.25) is 0 Å². The molecule has 5 atom stereocenters. The van der Waals surface area contributed by atoms with Gasteiger partial charge in [-0.05, 0) is 25.7 Å². The summed E-state index contributed by atoms with van der Waals surface area (Å²) in [6, 6.07) is 0. The van der Waals surface area contributed by atoms with Crippen LogP contribution in [0.15, 0.2) is 0 Å². The topological polar surface area (TPSA) is 237 Å². The van der Waals surface area contributed by atoms with Crippen LogP contribution in [0.3, 0.4) is 0 Å². The van der Waals surface area contributed by atoms with Crippen molar-refractivity contribution >= 4 is 39.5 Å². The zero-order chi connectivity index (χ0) is 73.2. The summed E-state index contributed by atoms with van der Waals surface area (Å²) in [5.41, 5.74) is 0. The second kappa shape index (κ2) is 75.3. The van der Waals surface area contributed by atoms with Gasteiger partial charge in [0.05, 0.1) is 26.4 Å². The monoisotopic (exact) mass is 1470 g/mol. The molecule has 0 aromatic rings. The van der Waals surface area contributed by atoms with Crippen molar-refractivity contribution in [3.63, 3.8) is 0 Å². The van der Waals surface area contributed by atoms with Gasteiger partial charge in [0.1, 0.15) is 19.3 Å². The highest BCUT2D eigenvalue weighted by atomic mass is 31.2. The van der Waals surface area contributed by atoms with Gasteiger partial charge in [-0.2, -0.15) is 0 Å². The third kappa shape index (κ3) is 74.3. The highest BCUT2D eigenvalue weighted by Gasteiger charge is 2.30. The molecular formula is C81H158O17P2. The smallest absolute Gasteiger partial charge is 0.462 e. The van der Waals surface area contributed by atoms with Crippen LogP contribution >= 0.6 is 15.6 Å². The first kappa shape index (κ1) is 98.1. The molecule has 0 radical (unpaired) electrons. The van der Waals surface area contributed by atoms with Crippen molar-refractivity contribution in [3.8, 4) is 0 Å². The van der Waals surface area contributed by atoms with Crippen molar-refractivity contribution < 1.29 is 80.2 Å². The maximum absolute atomic E-state index is 13.1. The van der Waals surface area contributed by atoms with Crippen LogP contribution in [0.1, 0.15) is 439 Å². The van der Waals surface area contributed by atoms with E-state index >= 15 is 0 Å². The second-order valence-electron chi connectivity index (χ2n) is 29.2. The van der Waals surface area contributed by atoms with Crippen LogP contribution in [0.25, 0.3) is 0 Å². The van der Waals surface area contributed by atoms with E-state index < -0.39 is 97.5 Å². The Morgan fingerprint density at radius 2 is 0.400 bits per heavy atom. The molecule has 2 unspecified atom stereocenters. The van der Waals surface area contributed by atoms with E-state index in [-0.39, 0.29) is 25.7 Å². The quantitative estimate of drug-likeness (QED) is 0.0222. The largest absolute Gasteiger partial charge is 0.472 e. The molecule has 0 amide bonds. The number of esters is 4. The fourth-order valence-corrected chi connectivity index (χ4v) is 14.2. The molecule has 17 nitrogen and oxygen atoms in total.